The largest absolute Gasteiger partial charge is 0.479 e. The first-order valence-electron chi connectivity index (χ1n) is 5.19. The molecule has 1 heterocycles. The molecule has 0 aliphatic heterocycles. The molecule has 1 atom stereocenters. The Morgan fingerprint density at radius 2 is 2.22 bits per heavy atom. The van der Waals surface area contributed by atoms with Crippen LogP contribution in [0.5, 0.6) is 0 Å². The molecule has 0 radical (unpaired) electrons. The Morgan fingerprint density at radius 1 is 1.50 bits per heavy atom. The van der Waals surface area contributed by atoms with Gasteiger partial charge in [-0.05, 0) is 11.4 Å². The molecule has 0 aromatic carbocycles. The Hall–Kier alpha value is -1.44. The van der Waals surface area contributed by atoms with Crippen molar-refractivity contribution in [1.82, 2.24) is 5.32 Å². The lowest BCUT2D eigenvalue weighted by Crippen LogP contribution is -2.37. The van der Waals surface area contributed by atoms with E-state index in [4.69, 9.17) is 14.6 Å². The summed E-state index contributed by atoms with van der Waals surface area (Å²) in [6.07, 6.45) is -1.04. The highest BCUT2D eigenvalue weighted by molar-refractivity contribution is 7.12. The SMILES string of the molecule is COCc1ccsc1C(=O)NCC(OC)C(=O)O. The monoisotopic (exact) mass is 273 g/mol. The van der Waals surface area contributed by atoms with Gasteiger partial charge >= 0.3 is 5.97 Å². The number of aliphatic carboxylic acids is 1. The second-order valence-electron chi connectivity index (χ2n) is 3.48. The van der Waals surface area contributed by atoms with Crippen molar-refractivity contribution in [2.45, 2.75) is 12.7 Å². The molecule has 0 fully saturated rings. The lowest BCUT2D eigenvalue weighted by Gasteiger charge is -2.11. The maximum absolute atomic E-state index is 11.8. The Labute approximate surface area is 109 Å². The van der Waals surface area contributed by atoms with Crippen molar-refractivity contribution in [3.05, 3.63) is 21.9 Å². The minimum atomic E-state index is -1.11. The number of amides is 1. The van der Waals surface area contributed by atoms with Crippen molar-refractivity contribution >= 4 is 23.2 Å². The number of nitrogens with one attached hydrogen (secondary N) is 1. The van der Waals surface area contributed by atoms with Gasteiger partial charge < -0.3 is 19.9 Å². The minimum Gasteiger partial charge on any atom is -0.479 e. The van der Waals surface area contributed by atoms with Gasteiger partial charge in [0.15, 0.2) is 6.10 Å². The molecule has 0 aliphatic rings. The first-order chi connectivity index (χ1) is 8.60. The predicted octanol–water partition coefficient (Wildman–Crippen LogP) is 0.724. The van der Waals surface area contributed by atoms with Crippen molar-refractivity contribution in [3.63, 3.8) is 0 Å². The normalized spacial score (nSPS) is 12.1. The number of carboxylic acids is 1. The van der Waals surface area contributed by atoms with Crippen LogP contribution < -0.4 is 5.32 Å². The fraction of sp³-hybridized carbons (Fsp3) is 0.455. The first-order valence-corrected chi connectivity index (χ1v) is 6.07. The fourth-order valence-electron chi connectivity index (χ4n) is 1.34. The molecule has 7 heteroatoms. The molecule has 0 bridgehead atoms. The van der Waals surface area contributed by atoms with Crippen LogP contribution >= 0.6 is 11.3 Å². The smallest absolute Gasteiger partial charge is 0.334 e. The van der Waals surface area contributed by atoms with Crippen molar-refractivity contribution in [3.8, 4) is 0 Å². The molecule has 1 unspecified atom stereocenters. The van der Waals surface area contributed by atoms with Gasteiger partial charge in [0.25, 0.3) is 5.91 Å². The van der Waals surface area contributed by atoms with Gasteiger partial charge in [-0.1, -0.05) is 0 Å². The zero-order valence-electron chi connectivity index (χ0n) is 10.1. The number of carboxylic acid groups (broad SMARTS) is 1. The summed E-state index contributed by atoms with van der Waals surface area (Å²) in [5.41, 5.74) is 0.782. The Bertz CT molecular complexity index is 417. The van der Waals surface area contributed by atoms with Crippen LogP contribution in [0, 0.1) is 0 Å². The third-order valence-corrected chi connectivity index (χ3v) is 3.22. The molecule has 18 heavy (non-hydrogen) atoms. The van der Waals surface area contributed by atoms with Gasteiger partial charge in [0, 0.05) is 19.8 Å². The lowest BCUT2D eigenvalue weighted by molar-refractivity contribution is -0.147. The summed E-state index contributed by atoms with van der Waals surface area (Å²) in [6.45, 7) is 0.272. The Kier molecular flexibility index (Phi) is 5.76. The summed E-state index contributed by atoms with van der Waals surface area (Å²) in [6, 6.07) is 1.80. The van der Waals surface area contributed by atoms with E-state index in [-0.39, 0.29) is 12.5 Å². The number of hydrogen-bond acceptors (Lipinski definition) is 5. The van der Waals surface area contributed by atoms with Crippen LogP contribution in [-0.2, 0) is 20.9 Å². The van der Waals surface area contributed by atoms with E-state index in [1.54, 1.807) is 18.6 Å². The molecule has 0 spiro atoms. The Morgan fingerprint density at radius 3 is 2.78 bits per heavy atom. The summed E-state index contributed by atoms with van der Waals surface area (Å²) in [5.74, 6) is -1.43. The highest BCUT2D eigenvalue weighted by atomic mass is 32.1. The molecule has 2 N–H and O–H groups in total. The van der Waals surface area contributed by atoms with Crippen LogP contribution in [0.2, 0.25) is 0 Å². The van der Waals surface area contributed by atoms with Crippen molar-refractivity contribution in [2.75, 3.05) is 20.8 Å². The molecule has 1 aromatic heterocycles. The average molecular weight is 273 g/mol. The number of thiophene rings is 1. The van der Waals surface area contributed by atoms with Crippen LogP contribution in [0.3, 0.4) is 0 Å². The molecular formula is C11H15NO5S. The van der Waals surface area contributed by atoms with Gasteiger partial charge in [-0.15, -0.1) is 11.3 Å². The molecule has 6 nitrogen and oxygen atoms in total. The van der Waals surface area contributed by atoms with Crippen LogP contribution in [0.15, 0.2) is 11.4 Å². The quantitative estimate of drug-likeness (QED) is 0.765. The topological polar surface area (TPSA) is 84.9 Å². The summed E-state index contributed by atoms with van der Waals surface area (Å²) in [4.78, 5) is 23.1. The standard InChI is InChI=1S/C11H15NO5S/c1-16-6-7-3-4-18-9(7)10(13)12-5-8(17-2)11(14)15/h3-4,8H,5-6H2,1-2H3,(H,12,13)(H,14,15). The summed E-state index contributed by atoms with van der Waals surface area (Å²) < 4.78 is 9.69. The maximum Gasteiger partial charge on any atom is 0.334 e. The van der Waals surface area contributed by atoms with Crippen LogP contribution in [-0.4, -0.2) is 43.9 Å². The van der Waals surface area contributed by atoms with E-state index in [9.17, 15) is 9.59 Å². The van der Waals surface area contributed by atoms with Crippen molar-refractivity contribution in [2.24, 2.45) is 0 Å². The molecule has 0 saturated carbocycles. The molecule has 1 amide bonds. The summed E-state index contributed by atoms with van der Waals surface area (Å²) in [7, 11) is 2.83. The van der Waals surface area contributed by atoms with E-state index in [1.165, 1.54) is 18.4 Å². The van der Waals surface area contributed by atoms with Crippen LogP contribution in [0.25, 0.3) is 0 Å². The van der Waals surface area contributed by atoms with Crippen molar-refractivity contribution < 1.29 is 24.2 Å². The molecule has 1 aromatic rings. The van der Waals surface area contributed by atoms with E-state index < -0.39 is 12.1 Å². The van der Waals surface area contributed by atoms with E-state index >= 15 is 0 Å². The minimum absolute atomic E-state index is 0.0744. The molecular weight excluding hydrogens is 258 g/mol. The zero-order valence-corrected chi connectivity index (χ0v) is 11.0. The van der Waals surface area contributed by atoms with Gasteiger partial charge in [0.05, 0.1) is 18.0 Å². The van der Waals surface area contributed by atoms with Gasteiger partial charge in [-0.25, -0.2) is 4.79 Å². The highest BCUT2D eigenvalue weighted by Crippen LogP contribution is 2.17. The Balaban J connectivity index is 2.59. The highest BCUT2D eigenvalue weighted by Gasteiger charge is 2.19. The molecule has 100 valence electrons. The predicted molar refractivity (Wildman–Crippen MR) is 65.8 cm³/mol. The third kappa shape index (κ3) is 3.80. The second kappa shape index (κ2) is 7.10. The van der Waals surface area contributed by atoms with E-state index in [1.807, 2.05) is 0 Å². The molecule has 0 aliphatic carbocycles. The van der Waals surface area contributed by atoms with Gasteiger partial charge in [0.1, 0.15) is 0 Å². The van der Waals surface area contributed by atoms with Gasteiger partial charge in [0.2, 0.25) is 0 Å². The number of ether oxygens (including phenoxy) is 2. The van der Waals surface area contributed by atoms with Crippen LogP contribution in [0.1, 0.15) is 15.2 Å². The first kappa shape index (κ1) is 14.6. The molecule has 0 saturated heterocycles. The fourth-order valence-corrected chi connectivity index (χ4v) is 2.17. The van der Waals surface area contributed by atoms with Crippen molar-refractivity contribution in [1.29, 1.82) is 0 Å². The summed E-state index contributed by atoms with van der Waals surface area (Å²) in [5, 5.41) is 13.1. The summed E-state index contributed by atoms with van der Waals surface area (Å²) >= 11 is 1.28. The third-order valence-electron chi connectivity index (χ3n) is 2.26. The zero-order chi connectivity index (χ0) is 13.5. The number of methoxy groups -OCH3 is 2. The van der Waals surface area contributed by atoms with Crippen LogP contribution in [0.4, 0.5) is 0 Å². The maximum atomic E-state index is 11.8. The lowest BCUT2D eigenvalue weighted by atomic mass is 10.2. The number of carbonyl (C=O) groups is 2. The molecule has 1 rings (SSSR count). The van der Waals surface area contributed by atoms with E-state index in [2.05, 4.69) is 5.32 Å². The average Bonchev–Trinajstić information content (AvgIpc) is 2.78. The number of rotatable bonds is 7. The van der Waals surface area contributed by atoms with Gasteiger partial charge in [-0.2, -0.15) is 0 Å². The van der Waals surface area contributed by atoms with Gasteiger partial charge in [-0.3, -0.25) is 4.79 Å². The van der Waals surface area contributed by atoms with E-state index in [0.29, 0.717) is 11.5 Å². The van der Waals surface area contributed by atoms with E-state index in [0.717, 1.165) is 5.56 Å². The second-order valence-corrected chi connectivity index (χ2v) is 4.40. The number of hydrogen-bond donors (Lipinski definition) is 2. The number of carbonyl (C=O) groups excluding carboxylic acids is 1.